The maximum absolute atomic E-state index is 11.9. The van der Waals surface area contributed by atoms with Gasteiger partial charge in [0.25, 0.3) is 0 Å². The van der Waals surface area contributed by atoms with E-state index < -0.39 is 0 Å². The average Bonchev–Trinajstić information content (AvgIpc) is 3.07. The van der Waals surface area contributed by atoms with E-state index >= 15 is 0 Å². The summed E-state index contributed by atoms with van der Waals surface area (Å²) in [6, 6.07) is 3.57. The number of hydrogen-bond acceptors (Lipinski definition) is 3. The van der Waals surface area contributed by atoms with Crippen molar-refractivity contribution in [2.24, 2.45) is 5.92 Å². The second-order valence-electron chi connectivity index (χ2n) is 4.88. The zero-order valence-corrected chi connectivity index (χ0v) is 10.5. The van der Waals surface area contributed by atoms with E-state index in [0.717, 1.165) is 23.5 Å². The van der Waals surface area contributed by atoms with Crippen LogP contribution in [0.4, 0.5) is 5.69 Å². The van der Waals surface area contributed by atoms with Crippen molar-refractivity contribution in [3.63, 3.8) is 0 Å². The normalized spacial score (nSPS) is 14.7. The number of nitrogen functional groups attached to an aromatic ring is 1. The van der Waals surface area contributed by atoms with Gasteiger partial charge >= 0.3 is 5.97 Å². The number of hydrogen-bond donors (Lipinski definition) is 1. The molecule has 0 saturated heterocycles. The number of rotatable bonds is 4. The quantitative estimate of drug-likeness (QED) is 0.642. The van der Waals surface area contributed by atoms with Crippen LogP contribution in [0.25, 0.3) is 0 Å². The zero-order valence-electron chi connectivity index (χ0n) is 10.5. The molecule has 1 aromatic carbocycles. The van der Waals surface area contributed by atoms with E-state index in [4.69, 9.17) is 10.5 Å². The number of esters is 1. The van der Waals surface area contributed by atoms with E-state index in [1.54, 1.807) is 6.07 Å². The van der Waals surface area contributed by atoms with Gasteiger partial charge in [0.15, 0.2) is 0 Å². The van der Waals surface area contributed by atoms with Crippen LogP contribution >= 0.6 is 0 Å². The maximum Gasteiger partial charge on any atom is 0.338 e. The number of anilines is 1. The van der Waals surface area contributed by atoms with Crippen LogP contribution in [0.15, 0.2) is 12.1 Å². The zero-order chi connectivity index (χ0) is 12.4. The lowest BCUT2D eigenvalue weighted by Crippen LogP contribution is -2.10. The molecule has 2 rings (SSSR count). The third kappa shape index (κ3) is 2.99. The molecule has 2 N–H and O–H groups in total. The summed E-state index contributed by atoms with van der Waals surface area (Å²) in [5, 5.41) is 0. The third-order valence-corrected chi connectivity index (χ3v) is 3.37. The minimum atomic E-state index is -0.251. The summed E-state index contributed by atoms with van der Waals surface area (Å²) >= 11 is 0. The second kappa shape index (κ2) is 4.78. The number of benzene rings is 1. The molecule has 17 heavy (non-hydrogen) atoms. The van der Waals surface area contributed by atoms with Crippen LogP contribution in [0.2, 0.25) is 0 Å². The Morgan fingerprint density at radius 2 is 2.12 bits per heavy atom. The lowest BCUT2D eigenvalue weighted by molar-refractivity contribution is 0.0494. The van der Waals surface area contributed by atoms with Crippen LogP contribution in [0.5, 0.6) is 0 Å². The fourth-order valence-corrected chi connectivity index (χ4v) is 1.90. The first-order chi connectivity index (χ1) is 8.08. The van der Waals surface area contributed by atoms with Gasteiger partial charge < -0.3 is 10.5 Å². The lowest BCUT2D eigenvalue weighted by Gasteiger charge is -2.10. The van der Waals surface area contributed by atoms with Crippen molar-refractivity contribution in [2.75, 3.05) is 12.3 Å². The predicted molar refractivity (Wildman–Crippen MR) is 68.0 cm³/mol. The van der Waals surface area contributed by atoms with Crippen molar-refractivity contribution in [2.45, 2.75) is 33.1 Å². The van der Waals surface area contributed by atoms with Gasteiger partial charge in [-0.3, -0.25) is 0 Å². The van der Waals surface area contributed by atoms with Crippen molar-refractivity contribution >= 4 is 11.7 Å². The first-order valence-corrected chi connectivity index (χ1v) is 6.12. The second-order valence-corrected chi connectivity index (χ2v) is 4.88. The van der Waals surface area contributed by atoms with E-state index in [1.165, 1.54) is 12.8 Å². The van der Waals surface area contributed by atoms with Crippen LogP contribution in [-0.4, -0.2) is 12.6 Å². The summed E-state index contributed by atoms with van der Waals surface area (Å²) in [5.74, 6) is 0.532. The molecule has 0 radical (unpaired) electrons. The van der Waals surface area contributed by atoms with Gasteiger partial charge in [0.05, 0.1) is 12.2 Å². The topological polar surface area (TPSA) is 52.3 Å². The summed E-state index contributed by atoms with van der Waals surface area (Å²) in [6.07, 6.45) is 3.56. The highest BCUT2D eigenvalue weighted by molar-refractivity contribution is 5.92. The lowest BCUT2D eigenvalue weighted by atomic mass is 10.0. The van der Waals surface area contributed by atoms with Crippen molar-refractivity contribution in [3.8, 4) is 0 Å². The van der Waals surface area contributed by atoms with Crippen LogP contribution in [0.3, 0.4) is 0 Å². The molecule has 1 saturated carbocycles. The molecule has 0 bridgehead atoms. The summed E-state index contributed by atoms with van der Waals surface area (Å²) in [6.45, 7) is 4.40. The van der Waals surface area contributed by atoms with Gasteiger partial charge in [-0.1, -0.05) is 12.8 Å². The number of aryl methyl sites for hydroxylation is 1. The smallest absolute Gasteiger partial charge is 0.338 e. The molecule has 0 amide bonds. The van der Waals surface area contributed by atoms with Crippen LogP contribution in [0, 0.1) is 19.8 Å². The highest BCUT2D eigenvalue weighted by Gasteiger charge is 2.21. The van der Waals surface area contributed by atoms with Gasteiger partial charge in [-0.15, -0.1) is 0 Å². The first-order valence-electron chi connectivity index (χ1n) is 6.12. The van der Waals surface area contributed by atoms with Gasteiger partial charge in [0.1, 0.15) is 0 Å². The largest absolute Gasteiger partial charge is 0.462 e. The van der Waals surface area contributed by atoms with Crippen LogP contribution in [-0.2, 0) is 4.74 Å². The maximum atomic E-state index is 11.9. The number of carbonyl (C=O) groups excluding carboxylic acids is 1. The summed E-state index contributed by atoms with van der Waals surface area (Å²) in [5.41, 5.74) is 8.94. The van der Waals surface area contributed by atoms with E-state index in [-0.39, 0.29) is 5.97 Å². The van der Waals surface area contributed by atoms with E-state index in [0.29, 0.717) is 17.9 Å². The molecule has 3 heteroatoms. The number of carbonyl (C=O) groups is 1. The van der Waals surface area contributed by atoms with Crippen LogP contribution in [0.1, 0.15) is 40.7 Å². The average molecular weight is 233 g/mol. The minimum Gasteiger partial charge on any atom is -0.462 e. The monoisotopic (exact) mass is 233 g/mol. The summed E-state index contributed by atoms with van der Waals surface area (Å²) in [7, 11) is 0. The Hall–Kier alpha value is -1.51. The molecule has 1 aromatic rings. The highest BCUT2D eigenvalue weighted by Crippen LogP contribution is 2.32. The highest BCUT2D eigenvalue weighted by atomic mass is 16.5. The van der Waals surface area contributed by atoms with Crippen molar-refractivity contribution in [1.29, 1.82) is 0 Å². The fraction of sp³-hybridized carbons (Fsp3) is 0.500. The fourth-order valence-electron chi connectivity index (χ4n) is 1.90. The Kier molecular flexibility index (Phi) is 3.36. The minimum absolute atomic E-state index is 0.251. The van der Waals surface area contributed by atoms with Gasteiger partial charge in [-0.2, -0.15) is 0 Å². The van der Waals surface area contributed by atoms with E-state index in [1.807, 2.05) is 19.9 Å². The van der Waals surface area contributed by atoms with Gasteiger partial charge in [0, 0.05) is 5.69 Å². The van der Waals surface area contributed by atoms with Crippen molar-refractivity contribution in [1.82, 2.24) is 0 Å². The van der Waals surface area contributed by atoms with Gasteiger partial charge in [-0.25, -0.2) is 4.79 Å². The molecule has 1 aliphatic carbocycles. The molecule has 0 heterocycles. The Balaban J connectivity index is 2.01. The Labute approximate surface area is 102 Å². The van der Waals surface area contributed by atoms with Crippen molar-refractivity contribution in [3.05, 3.63) is 28.8 Å². The SMILES string of the molecule is Cc1cc(N)cc(C(=O)OCCC2CC2)c1C. The summed E-state index contributed by atoms with van der Waals surface area (Å²) < 4.78 is 5.28. The molecule has 0 spiro atoms. The molecule has 0 unspecified atom stereocenters. The summed E-state index contributed by atoms with van der Waals surface area (Å²) in [4.78, 5) is 11.9. The standard InChI is InChI=1S/C14H19NO2/c1-9-7-12(15)8-13(10(9)2)14(16)17-6-5-11-3-4-11/h7-8,11H,3-6,15H2,1-2H3. The van der Waals surface area contributed by atoms with E-state index in [9.17, 15) is 4.79 Å². The molecule has 1 aliphatic rings. The molecule has 3 nitrogen and oxygen atoms in total. The number of nitrogens with two attached hydrogens (primary N) is 1. The molecule has 0 aromatic heterocycles. The molecular formula is C14H19NO2. The molecule has 0 atom stereocenters. The first kappa shape index (κ1) is 12.0. The van der Waals surface area contributed by atoms with Gasteiger partial charge in [-0.05, 0) is 49.4 Å². The predicted octanol–water partition coefficient (Wildman–Crippen LogP) is 2.84. The van der Waals surface area contributed by atoms with Crippen LogP contribution < -0.4 is 5.73 Å². The third-order valence-electron chi connectivity index (χ3n) is 3.37. The molecule has 92 valence electrons. The van der Waals surface area contributed by atoms with E-state index in [2.05, 4.69) is 0 Å². The molecular weight excluding hydrogens is 214 g/mol. The Morgan fingerprint density at radius 3 is 2.76 bits per heavy atom. The molecule has 0 aliphatic heterocycles. The number of ether oxygens (including phenoxy) is 1. The van der Waals surface area contributed by atoms with Gasteiger partial charge in [0.2, 0.25) is 0 Å². The van der Waals surface area contributed by atoms with Crippen molar-refractivity contribution < 1.29 is 9.53 Å². The molecule has 1 fully saturated rings. The Morgan fingerprint density at radius 1 is 1.41 bits per heavy atom. The Bertz CT molecular complexity index is 436.